The van der Waals surface area contributed by atoms with Crippen LogP contribution in [0.25, 0.3) is 0 Å². The highest BCUT2D eigenvalue weighted by Crippen LogP contribution is 2.36. The maximum Gasteiger partial charge on any atom is 0.255 e. The first-order valence-corrected chi connectivity index (χ1v) is 11.7. The van der Waals surface area contributed by atoms with Gasteiger partial charge in [-0.3, -0.25) is 4.79 Å². The van der Waals surface area contributed by atoms with Gasteiger partial charge in [0.1, 0.15) is 30.5 Å². The lowest BCUT2D eigenvalue weighted by Gasteiger charge is -2.29. The number of aromatic nitrogens is 3. The number of nitrogens with zero attached hydrogens (tertiary/aromatic N) is 3. The number of aryl methyl sites for hydroxylation is 1. The molecule has 0 radical (unpaired) electrons. The molecule has 2 N–H and O–H groups in total. The number of nitrogens with one attached hydrogen (secondary N) is 2. The summed E-state index contributed by atoms with van der Waals surface area (Å²) in [6, 6.07) is 18.9. The summed E-state index contributed by atoms with van der Waals surface area (Å²) < 4.78 is 21.5. The molecule has 1 unspecified atom stereocenters. The zero-order valence-electron chi connectivity index (χ0n) is 19.6. The van der Waals surface area contributed by atoms with Crippen molar-refractivity contribution in [1.29, 1.82) is 0 Å². The predicted octanol–water partition coefficient (Wildman–Crippen LogP) is 5.89. The van der Waals surface area contributed by atoms with E-state index in [4.69, 9.17) is 16.3 Å². The number of amides is 1. The number of rotatable bonds is 6. The fourth-order valence-electron chi connectivity index (χ4n) is 4.17. The van der Waals surface area contributed by atoms with Crippen LogP contribution in [0.5, 0.6) is 5.75 Å². The molecule has 0 bridgehead atoms. The van der Waals surface area contributed by atoms with Crippen molar-refractivity contribution >= 4 is 29.1 Å². The van der Waals surface area contributed by atoms with Crippen molar-refractivity contribution in [3.05, 3.63) is 112 Å². The van der Waals surface area contributed by atoms with E-state index in [-0.39, 0.29) is 12.5 Å². The summed E-state index contributed by atoms with van der Waals surface area (Å²) in [6.07, 6.45) is 1.44. The number of anilines is 2. The third-order valence-electron chi connectivity index (χ3n) is 6.07. The molecule has 1 aliphatic rings. The number of ether oxygens (including phenoxy) is 1. The number of hydrogen-bond donors (Lipinski definition) is 2. The van der Waals surface area contributed by atoms with Crippen molar-refractivity contribution in [3.8, 4) is 5.75 Å². The van der Waals surface area contributed by atoms with Gasteiger partial charge in [0.15, 0.2) is 0 Å². The number of para-hydroxylation sites is 1. The zero-order valence-corrected chi connectivity index (χ0v) is 20.4. The van der Waals surface area contributed by atoms with Gasteiger partial charge in [-0.15, -0.1) is 0 Å². The third-order valence-corrected chi connectivity index (χ3v) is 6.43. The van der Waals surface area contributed by atoms with E-state index in [1.165, 1.54) is 12.4 Å². The van der Waals surface area contributed by atoms with E-state index in [1.54, 1.807) is 28.9 Å². The van der Waals surface area contributed by atoms with Crippen LogP contribution < -0.4 is 15.4 Å². The Bertz CT molecular complexity index is 1450. The predicted molar refractivity (Wildman–Crippen MR) is 136 cm³/mol. The van der Waals surface area contributed by atoms with Gasteiger partial charge in [0.05, 0.1) is 10.6 Å². The van der Waals surface area contributed by atoms with E-state index in [9.17, 15) is 9.18 Å². The first-order chi connectivity index (χ1) is 17.4. The molecule has 3 aromatic carbocycles. The lowest BCUT2D eigenvalue weighted by Crippen LogP contribution is -2.31. The largest absolute Gasteiger partial charge is 0.489 e. The normalized spacial score (nSPS) is 14.7. The summed E-state index contributed by atoms with van der Waals surface area (Å²) in [5, 5.41) is 10.9. The number of benzene rings is 3. The highest BCUT2D eigenvalue weighted by molar-refractivity contribution is 6.31. The van der Waals surface area contributed by atoms with Crippen LogP contribution in [-0.4, -0.2) is 20.7 Å². The van der Waals surface area contributed by atoms with Crippen LogP contribution in [0.4, 0.5) is 16.0 Å². The van der Waals surface area contributed by atoms with E-state index in [2.05, 4.69) is 20.7 Å². The Morgan fingerprint density at radius 3 is 2.64 bits per heavy atom. The van der Waals surface area contributed by atoms with Crippen molar-refractivity contribution in [2.24, 2.45) is 0 Å². The Morgan fingerprint density at radius 1 is 1.11 bits per heavy atom. The minimum absolute atomic E-state index is 0.00544. The highest BCUT2D eigenvalue weighted by Gasteiger charge is 2.33. The van der Waals surface area contributed by atoms with Gasteiger partial charge in [-0.2, -0.15) is 10.1 Å². The lowest BCUT2D eigenvalue weighted by atomic mass is 9.95. The van der Waals surface area contributed by atoms with Crippen LogP contribution in [-0.2, 0) is 11.4 Å². The number of carbonyl (C=O) groups is 1. The number of fused-ring (bicyclic) bond motifs is 1. The molecule has 2 heterocycles. The van der Waals surface area contributed by atoms with Crippen LogP contribution in [0.2, 0.25) is 5.02 Å². The van der Waals surface area contributed by atoms with Crippen LogP contribution in [0.3, 0.4) is 0 Å². The number of hydrogen-bond acceptors (Lipinski definition) is 5. The molecule has 5 rings (SSSR count). The molecular weight excluding hydrogens is 481 g/mol. The summed E-state index contributed by atoms with van der Waals surface area (Å²) in [4.78, 5) is 17.8. The molecule has 0 saturated carbocycles. The van der Waals surface area contributed by atoms with Gasteiger partial charge in [-0.05, 0) is 55.3 Å². The molecular formula is C27H23ClFN5O2. The first kappa shape index (κ1) is 23.6. The van der Waals surface area contributed by atoms with E-state index in [1.807, 2.05) is 50.2 Å². The lowest BCUT2D eigenvalue weighted by molar-refractivity contribution is -0.113. The monoisotopic (exact) mass is 503 g/mol. The molecule has 0 spiro atoms. The summed E-state index contributed by atoms with van der Waals surface area (Å²) in [7, 11) is 0. The molecule has 4 aromatic rings. The van der Waals surface area contributed by atoms with Crippen LogP contribution in [0.1, 0.15) is 29.7 Å². The second-order valence-corrected chi connectivity index (χ2v) is 8.83. The molecule has 1 aromatic heterocycles. The minimum Gasteiger partial charge on any atom is -0.489 e. The SMILES string of the molecule is CC1=C(C(=O)Nc2ccccc2C)C(c2ccc(OCc3c(F)cccc3Cl)cc2)n2ncnc2N1. The van der Waals surface area contributed by atoms with Crippen molar-refractivity contribution in [3.63, 3.8) is 0 Å². The van der Waals surface area contributed by atoms with Gasteiger partial charge >= 0.3 is 0 Å². The topological polar surface area (TPSA) is 81.1 Å². The average Bonchev–Trinajstić information content (AvgIpc) is 3.33. The first-order valence-electron chi connectivity index (χ1n) is 11.3. The molecule has 1 aliphatic heterocycles. The Labute approximate surface area is 212 Å². The molecule has 0 fully saturated rings. The molecule has 9 heteroatoms. The summed E-state index contributed by atoms with van der Waals surface area (Å²) in [6.45, 7) is 3.78. The van der Waals surface area contributed by atoms with Crippen molar-refractivity contribution in [1.82, 2.24) is 14.8 Å². The number of carbonyl (C=O) groups excluding carboxylic acids is 1. The van der Waals surface area contributed by atoms with E-state index >= 15 is 0 Å². The van der Waals surface area contributed by atoms with Crippen molar-refractivity contribution in [2.45, 2.75) is 26.5 Å². The maximum atomic E-state index is 14.1. The van der Waals surface area contributed by atoms with Gasteiger partial charge in [0.2, 0.25) is 5.95 Å². The molecule has 0 saturated heterocycles. The summed E-state index contributed by atoms with van der Waals surface area (Å²) in [5.41, 5.74) is 4.00. The molecule has 1 atom stereocenters. The molecule has 182 valence electrons. The number of halogens is 2. The Balaban J connectivity index is 1.42. The fourth-order valence-corrected chi connectivity index (χ4v) is 4.39. The van der Waals surface area contributed by atoms with E-state index in [0.717, 1.165) is 16.8 Å². The Morgan fingerprint density at radius 2 is 1.89 bits per heavy atom. The van der Waals surface area contributed by atoms with Crippen molar-refractivity contribution < 1.29 is 13.9 Å². The quantitative estimate of drug-likeness (QED) is 0.343. The minimum atomic E-state index is -0.511. The second kappa shape index (κ2) is 9.83. The Kier molecular flexibility index (Phi) is 6.43. The third kappa shape index (κ3) is 4.55. The fraction of sp³-hybridized carbons (Fsp3) is 0.148. The van der Waals surface area contributed by atoms with Gasteiger partial charge in [0.25, 0.3) is 5.91 Å². The molecule has 36 heavy (non-hydrogen) atoms. The van der Waals surface area contributed by atoms with Crippen LogP contribution in [0.15, 0.2) is 84.3 Å². The molecule has 7 nitrogen and oxygen atoms in total. The number of allylic oxidation sites excluding steroid dienone is 1. The zero-order chi connectivity index (χ0) is 25.2. The second-order valence-electron chi connectivity index (χ2n) is 8.42. The van der Waals surface area contributed by atoms with E-state index < -0.39 is 11.9 Å². The highest BCUT2D eigenvalue weighted by atomic mass is 35.5. The molecule has 1 amide bonds. The van der Waals surface area contributed by atoms with E-state index in [0.29, 0.717) is 33.6 Å². The molecule has 0 aliphatic carbocycles. The van der Waals surface area contributed by atoms with Gasteiger partial charge in [-0.1, -0.05) is 48.0 Å². The average molecular weight is 504 g/mol. The van der Waals surface area contributed by atoms with Crippen LogP contribution >= 0.6 is 11.6 Å². The van der Waals surface area contributed by atoms with Gasteiger partial charge in [0, 0.05) is 16.9 Å². The maximum absolute atomic E-state index is 14.1. The summed E-state index contributed by atoms with van der Waals surface area (Å²) >= 11 is 6.10. The smallest absolute Gasteiger partial charge is 0.255 e. The summed E-state index contributed by atoms with van der Waals surface area (Å²) in [5.74, 6) is 0.421. The van der Waals surface area contributed by atoms with Crippen LogP contribution in [0, 0.1) is 12.7 Å². The van der Waals surface area contributed by atoms with Crippen molar-refractivity contribution in [2.75, 3.05) is 10.6 Å². The van der Waals surface area contributed by atoms with Gasteiger partial charge < -0.3 is 15.4 Å². The van der Waals surface area contributed by atoms with Gasteiger partial charge in [-0.25, -0.2) is 9.07 Å². The standard InChI is InChI=1S/C27H23ClFN5O2/c1-16-6-3-4-9-23(16)33-26(35)24-17(2)32-27-30-15-31-34(27)25(24)18-10-12-19(13-11-18)36-14-20-21(28)7-5-8-22(20)29/h3-13,15,25H,14H2,1-2H3,(H,33,35)(H,30,31,32). The Hall–Kier alpha value is -4.17.